The zero-order chi connectivity index (χ0) is 19.1. The van der Waals surface area contributed by atoms with Crippen molar-refractivity contribution in [3.63, 3.8) is 0 Å². The molecule has 28 heavy (non-hydrogen) atoms. The van der Waals surface area contributed by atoms with Gasteiger partial charge in [0, 0.05) is 9.79 Å². The maximum absolute atomic E-state index is 13.1. The molecule has 0 fully saturated rings. The average molecular weight is 407 g/mol. The number of para-hydroxylation sites is 2. The molecule has 0 saturated heterocycles. The van der Waals surface area contributed by atoms with Crippen LogP contribution in [0.1, 0.15) is 0 Å². The quantitative estimate of drug-likeness (QED) is 0.398. The van der Waals surface area contributed by atoms with E-state index in [0.717, 1.165) is 21.2 Å². The van der Waals surface area contributed by atoms with Crippen molar-refractivity contribution >= 4 is 52.0 Å². The number of H-pyrrole nitrogens is 2. The number of anilines is 2. The molecule has 2 aromatic carbocycles. The van der Waals surface area contributed by atoms with Crippen LogP contribution >= 0.6 is 23.5 Å². The van der Waals surface area contributed by atoms with E-state index in [-0.39, 0.29) is 17.2 Å². The monoisotopic (exact) mass is 407 g/mol. The van der Waals surface area contributed by atoms with Gasteiger partial charge in [0.15, 0.2) is 16.3 Å². The molecule has 2 N–H and O–H groups in total. The first kappa shape index (κ1) is 17.1. The lowest BCUT2D eigenvalue weighted by atomic mass is 10.2. The molecule has 0 atom stereocenters. The minimum absolute atomic E-state index is 0.0880. The van der Waals surface area contributed by atoms with Gasteiger partial charge in [0.1, 0.15) is 0 Å². The highest BCUT2D eigenvalue weighted by Gasteiger charge is 2.27. The number of benzene rings is 2. The second-order valence-corrected chi connectivity index (χ2v) is 8.08. The lowest BCUT2D eigenvalue weighted by Gasteiger charge is -2.30. The number of thioether (sulfide) groups is 1. The molecule has 4 aromatic rings. The van der Waals surface area contributed by atoms with Gasteiger partial charge in [-0.05, 0) is 24.3 Å². The van der Waals surface area contributed by atoms with Crippen molar-refractivity contribution in [2.75, 3.05) is 10.7 Å². The minimum Gasteiger partial charge on any atom is -0.339 e. The topological polar surface area (TPSA) is 94.7 Å². The van der Waals surface area contributed by atoms with Crippen molar-refractivity contribution in [1.82, 2.24) is 19.9 Å². The number of carbonyl (C=O) groups excluding carboxylic acids is 1. The Morgan fingerprint density at radius 3 is 2.46 bits per heavy atom. The van der Waals surface area contributed by atoms with Crippen molar-refractivity contribution in [1.29, 1.82) is 0 Å². The van der Waals surface area contributed by atoms with Crippen LogP contribution in [0, 0.1) is 0 Å². The standard InChI is InChI=1S/C19H13N5O2S2/c25-15(9-27-19-22-17-16(18(26)23-19)20-10-21-17)24-11-5-1-3-7-13(11)28-14-8-4-2-6-12(14)24/h1-8,10H,9H2,(H2,20,21,22,23,26). The van der Waals surface area contributed by atoms with Gasteiger partial charge in [0.25, 0.3) is 5.56 Å². The first-order chi connectivity index (χ1) is 13.7. The van der Waals surface area contributed by atoms with E-state index in [1.165, 1.54) is 18.1 Å². The summed E-state index contributed by atoms with van der Waals surface area (Å²) in [6.07, 6.45) is 1.42. The summed E-state index contributed by atoms with van der Waals surface area (Å²) in [4.78, 5) is 42.7. The maximum atomic E-state index is 13.1. The number of nitrogens with one attached hydrogen (secondary N) is 2. The van der Waals surface area contributed by atoms with Crippen molar-refractivity contribution in [2.24, 2.45) is 0 Å². The van der Waals surface area contributed by atoms with E-state index in [1.807, 2.05) is 48.5 Å². The molecule has 1 aliphatic heterocycles. The molecule has 1 aliphatic rings. The molecule has 1 amide bonds. The molecule has 138 valence electrons. The molecule has 3 heterocycles. The van der Waals surface area contributed by atoms with Crippen molar-refractivity contribution < 1.29 is 4.79 Å². The number of amides is 1. The molecule has 0 spiro atoms. The number of imidazole rings is 1. The third kappa shape index (κ3) is 2.88. The number of hydrogen-bond acceptors (Lipinski definition) is 6. The summed E-state index contributed by atoms with van der Waals surface area (Å²) in [6.45, 7) is 0. The van der Waals surface area contributed by atoms with Crippen LogP contribution in [0.25, 0.3) is 11.2 Å². The fraction of sp³-hybridized carbons (Fsp3) is 0.0526. The molecule has 2 aromatic heterocycles. The maximum Gasteiger partial charge on any atom is 0.277 e. The fourth-order valence-electron chi connectivity index (χ4n) is 3.06. The van der Waals surface area contributed by atoms with E-state index >= 15 is 0 Å². The summed E-state index contributed by atoms with van der Waals surface area (Å²) in [6, 6.07) is 15.7. The second-order valence-electron chi connectivity index (χ2n) is 6.03. The number of carbonyl (C=O) groups is 1. The minimum atomic E-state index is -0.303. The van der Waals surface area contributed by atoms with Gasteiger partial charge in [-0.1, -0.05) is 47.8 Å². The Kier molecular flexibility index (Phi) is 4.18. The summed E-state index contributed by atoms with van der Waals surface area (Å²) in [5.41, 5.74) is 2.08. The summed E-state index contributed by atoms with van der Waals surface area (Å²) in [5.74, 6) is 0.0432. The van der Waals surface area contributed by atoms with Crippen LogP contribution < -0.4 is 10.5 Å². The molecule has 0 aliphatic carbocycles. The van der Waals surface area contributed by atoms with Crippen LogP contribution in [0.15, 0.2) is 74.6 Å². The molecule has 7 nitrogen and oxygen atoms in total. The summed E-state index contributed by atoms with van der Waals surface area (Å²) in [5, 5.41) is 0.367. The fourth-order valence-corrected chi connectivity index (χ4v) is 4.82. The molecular weight excluding hydrogens is 394 g/mol. The van der Waals surface area contributed by atoms with Gasteiger partial charge >= 0.3 is 0 Å². The Morgan fingerprint density at radius 2 is 1.75 bits per heavy atom. The van der Waals surface area contributed by atoms with Gasteiger partial charge in [0.2, 0.25) is 5.91 Å². The number of aromatic amines is 2. The molecule has 0 unspecified atom stereocenters. The van der Waals surface area contributed by atoms with E-state index in [2.05, 4.69) is 19.9 Å². The first-order valence-electron chi connectivity index (χ1n) is 8.46. The van der Waals surface area contributed by atoms with Gasteiger partial charge < -0.3 is 4.98 Å². The van der Waals surface area contributed by atoms with Crippen molar-refractivity contribution in [3.05, 3.63) is 65.2 Å². The predicted molar refractivity (Wildman–Crippen MR) is 109 cm³/mol. The first-order valence-corrected chi connectivity index (χ1v) is 10.3. The van der Waals surface area contributed by atoms with Gasteiger partial charge in [-0.25, -0.2) is 9.97 Å². The zero-order valence-corrected chi connectivity index (χ0v) is 16.0. The van der Waals surface area contributed by atoms with Gasteiger partial charge in [-0.3, -0.25) is 19.5 Å². The van der Waals surface area contributed by atoms with Crippen LogP contribution in [0.3, 0.4) is 0 Å². The number of nitrogens with zero attached hydrogens (tertiary/aromatic N) is 3. The largest absolute Gasteiger partial charge is 0.339 e. The highest BCUT2D eigenvalue weighted by molar-refractivity contribution is 8.00. The van der Waals surface area contributed by atoms with Crippen LogP contribution in [0.2, 0.25) is 0 Å². The summed E-state index contributed by atoms with van der Waals surface area (Å²) >= 11 is 2.84. The number of rotatable bonds is 3. The Bertz CT molecular complexity index is 1220. The van der Waals surface area contributed by atoms with Crippen LogP contribution in [-0.2, 0) is 4.79 Å². The van der Waals surface area contributed by atoms with Crippen LogP contribution in [0.4, 0.5) is 11.4 Å². The molecule has 0 radical (unpaired) electrons. The number of aromatic nitrogens is 4. The van der Waals surface area contributed by atoms with E-state index in [1.54, 1.807) is 16.7 Å². The van der Waals surface area contributed by atoms with E-state index in [9.17, 15) is 9.59 Å². The van der Waals surface area contributed by atoms with E-state index in [0.29, 0.717) is 16.3 Å². The highest BCUT2D eigenvalue weighted by atomic mass is 32.2. The zero-order valence-electron chi connectivity index (χ0n) is 14.4. The molecule has 0 saturated carbocycles. The Morgan fingerprint density at radius 1 is 1.07 bits per heavy atom. The van der Waals surface area contributed by atoms with Crippen molar-refractivity contribution in [2.45, 2.75) is 14.9 Å². The third-order valence-electron chi connectivity index (χ3n) is 4.29. The van der Waals surface area contributed by atoms with Crippen molar-refractivity contribution in [3.8, 4) is 0 Å². The Hall–Kier alpha value is -3.04. The summed E-state index contributed by atoms with van der Waals surface area (Å²) < 4.78 is 0. The number of fused-ring (bicyclic) bond motifs is 3. The number of hydrogen-bond donors (Lipinski definition) is 2. The lowest BCUT2D eigenvalue weighted by Crippen LogP contribution is -2.30. The Balaban J connectivity index is 1.46. The van der Waals surface area contributed by atoms with Gasteiger partial charge in [-0.15, -0.1) is 0 Å². The van der Waals surface area contributed by atoms with Crippen LogP contribution in [0.5, 0.6) is 0 Å². The lowest BCUT2D eigenvalue weighted by molar-refractivity contribution is -0.115. The van der Waals surface area contributed by atoms with E-state index < -0.39 is 0 Å². The molecule has 0 bridgehead atoms. The molecular formula is C19H13N5O2S2. The van der Waals surface area contributed by atoms with Gasteiger partial charge in [-0.2, -0.15) is 0 Å². The Labute approximate surface area is 167 Å². The SMILES string of the molecule is O=C(CSc1nc2nc[nH]c2c(=O)[nH]1)N1c2ccccc2Sc2ccccc21. The summed E-state index contributed by atoms with van der Waals surface area (Å²) in [7, 11) is 0. The van der Waals surface area contributed by atoms with E-state index in [4.69, 9.17) is 0 Å². The van der Waals surface area contributed by atoms with Crippen LogP contribution in [-0.4, -0.2) is 31.6 Å². The second kappa shape index (κ2) is 6.84. The average Bonchev–Trinajstić information content (AvgIpc) is 3.19. The smallest absolute Gasteiger partial charge is 0.277 e. The highest BCUT2D eigenvalue weighted by Crippen LogP contribution is 2.48. The van der Waals surface area contributed by atoms with Gasteiger partial charge in [0.05, 0.1) is 23.5 Å². The molecule has 9 heteroatoms. The normalized spacial score (nSPS) is 12.6. The predicted octanol–water partition coefficient (Wildman–Crippen LogP) is 3.57. The third-order valence-corrected chi connectivity index (χ3v) is 6.28. The molecule has 5 rings (SSSR count).